The van der Waals surface area contributed by atoms with Crippen molar-refractivity contribution in [3.8, 4) is 0 Å². The van der Waals surface area contributed by atoms with Crippen LogP contribution >= 0.6 is 0 Å². The Morgan fingerprint density at radius 3 is 2.17 bits per heavy atom. The fourth-order valence-corrected chi connectivity index (χ4v) is 3.74. The molecule has 1 saturated heterocycles. The van der Waals surface area contributed by atoms with Crippen molar-refractivity contribution in [1.29, 1.82) is 0 Å². The fraction of sp³-hybridized carbons (Fsp3) is 0.833. The Labute approximate surface area is 144 Å². The van der Waals surface area contributed by atoms with Gasteiger partial charge < -0.3 is 10.6 Å². The van der Waals surface area contributed by atoms with Crippen molar-refractivity contribution in [2.24, 2.45) is 11.3 Å². The molecule has 1 spiro atoms. The first-order valence-electron chi connectivity index (χ1n) is 8.79. The van der Waals surface area contributed by atoms with Crippen LogP contribution in [-0.2, 0) is 9.59 Å². The van der Waals surface area contributed by atoms with Crippen molar-refractivity contribution in [3.63, 3.8) is 0 Å². The molecule has 24 heavy (non-hydrogen) atoms. The molecule has 1 aliphatic carbocycles. The Bertz CT molecular complexity index is 535. The molecule has 2 aliphatic rings. The Hall–Kier alpha value is -1.59. The molecular formula is C18H31N3O3. The van der Waals surface area contributed by atoms with Gasteiger partial charge in [0.05, 0.1) is 0 Å². The largest absolute Gasteiger partial charge is 0.350 e. The summed E-state index contributed by atoms with van der Waals surface area (Å²) in [6.45, 7) is 12.0. The van der Waals surface area contributed by atoms with Crippen molar-refractivity contribution >= 4 is 17.8 Å². The molecule has 0 radical (unpaired) electrons. The van der Waals surface area contributed by atoms with Gasteiger partial charge in [-0.2, -0.15) is 0 Å². The van der Waals surface area contributed by atoms with Crippen LogP contribution in [0.1, 0.15) is 67.2 Å². The van der Waals surface area contributed by atoms with E-state index in [2.05, 4.69) is 31.4 Å². The molecule has 1 heterocycles. The highest BCUT2D eigenvalue weighted by molar-refractivity contribution is 6.09. The van der Waals surface area contributed by atoms with E-state index >= 15 is 0 Å². The second kappa shape index (κ2) is 6.05. The molecule has 6 heteroatoms. The minimum Gasteiger partial charge on any atom is -0.350 e. The number of hydrogen-bond acceptors (Lipinski definition) is 3. The van der Waals surface area contributed by atoms with Crippen molar-refractivity contribution in [3.05, 3.63) is 0 Å². The highest BCUT2D eigenvalue weighted by Gasteiger charge is 2.53. The maximum Gasteiger partial charge on any atom is 0.325 e. The first kappa shape index (κ1) is 18.7. The van der Waals surface area contributed by atoms with Gasteiger partial charge >= 0.3 is 6.03 Å². The molecule has 4 amide bonds. The number of nitrogens with zero attached hydrogens (tertiary/aromatic N) is 1. The van der Waals surface area contributed by atoms with E-state index in [9.17, 15) is 14.4 Å². The lowest BCUT2D eigenvalue weighted by Gasteiger charge is -2.40. The summed E-state index contributed by atoms with van der Waals surface area (Å²) in [6, 6.07) is -0.446. The summed E-state index contributed by atoms with van der Waals surface area (Å²) in [4.78, 5) is 38.2. The van der Waals surface area contributed by atoms with E-state index in [1.807, 2.05) is 20.8 Å². The molecule has 2 N–H and O–H groups in total. The van der Waals surface area contributed by atoms with Gasteiger partial charge in [-0.05, 0) is 57.8 Å². The van der Waals surface area contributed by atoms with Gasteiger partial charge in [-0.15, -0.1) is 0 Å². The third kappa shape index (κ3) is 3.90. The fourth-order valence-electron chi connectivity index (χ4n) is 3.74. The molecule has 0 aromatic heterocycles. The van der Waals surface area contributed by atoms with E-state index in [-0.39, 0.29) is 23.8 Å². The zero-order valence-corrected chi connectivity index (χ0v) is 15.8. The molecule has 0 bridgehead atoms. The topological polar surface area (TPSA) is 78.5 Å². The van der Waals surface area contributed by atoms with Crippen LogP contribution in [0, 0.1) is 11.3 Å². The first-order chi connectivity index (χ1) is 10.8. The minimum absolute atomic E-state index is 0.208. The third-order valence-electron chi connectivity index (χ3n) is 5.13. The number of hydrogen-bond donors (Lipinski definition) is 2. The maximum absolute atomic E-state index is 12.8. The van der Waals surface area contributed by atoms with Crippen LogP contribution < -0.4 is 10.6 Å². The summed E-state index contributed by atoms with van der Waals surface area (Å²) in [5.41, 5.74) is -0.987. The van der Waals surface area contributed by atoms with Crippen LogP contribution in [0.4, 0.5) is 4.79 Å². The van der Waals surface area contributed by atoms with Gasteiger partial charge in [-0.25, -0.2) is 4.79 Å². The van der Waals surface area contributed by atoms with Gasteiger partial charge in [-0.1, -0.05) is 20.8 Å². The van der Waals surface area contributed by atoms with Crippen LogP contribution in [0.3, 0.4) is 0 Å². The summed E-state index contributed by atoms with van der Waals surface area (Å²) >= 11 is 0. The second-order valence-electron chi connectivity index (χ2n) is 9.34. The maximum atomic E-state index is 12.8. The number of carbonyl (C=O) groups is 3. The zero-order valence-electron chi connectivity index (χ0n) is 15.8. The Kier molecular flexibility index (Phi) is 4.72. The number of rotatable bonds is 2. The average Bonchev–Trinajstić information content (AvgIpc) is 2.61. The Morgan fingerprint density at radius 2 is 1.71 bits per heavy atom. The molecule has 1 aliphatic heterocycles. The first-order valence-corrected chi connectivity index (χ1v) is 8.79. The van der Waals surface area contributed by atoms with E-state index in [4.69, 9.17) is 0 Å². The lowest BCUT2D eigenvalue weighted by molar-refractivity contribution is -0.136. The van der Waals surface area contributed by atoms with E-state index in [0.29, 0.717) is 18.8 Å². The van der Waals surface area contributed by atoms with Crippen molar-refractivity contribution in [2.45, 2.75) is 78.3 Å². The molecule has 2 fully saturated rings. The number of nitrogens with one attached hydrogen (secondary N) is 2. The molecule has 1 saturated carbocycles. The molecular weight excluding hydrogens is 306 g/mol. The van der Waals surface area contributed by atoms with Gasteiger partial charge in [0, 0.05) is 5.54 Å². The second-order valence-corrected chi connectivity index (χ2v) is 9.34. The number of amides is 4. The van der Waals surface area contributed by atoms with Gasteiger partial charge in [-0.3, -0.25) is 14.5 Å². The van der Waals surface area contributed by atoms with E-state index in [1.54, 1.807) is 0 Å². The van der Waals surface area contributed by atoms with E-state index < -0.39 is 17.1 Å². The Morgan fingerprint density at radius 1 is 1.17 bits per heavy atom. The Balaban J connectivity index is 2.03. The molecule has 0 unspecified atom stereocenters. The van der Waals surface area contributed by atoms with Crippen molar-refractivity contribution in [2.75, 3.05) is 6.54 Å². The highest BCUT2D eigenvalue weighted by Crippen LogP contribution is 2.43. The molecule has 136 valence electrons. The molecule has 2 rings (SSSR count). The highest BCUT2D eigenvalue weighted by atomic mass is 16.2. The quantitative estimate of drug-likeness (QED) is 0.760. The zero-order chi connectivity index (χ0) is 18.3. The summed E-state index contributed by atoms with van der Waals surface area (Å²) in [5.74, 6) is -0.0126. The minimum atomic E-state index is -0.805. The number of imide groups is 1. The van der Waals surface area contributed by atoms with Crippen molar-refractivity contribution in [1.82, 2.24) is 15.5 Å². The summed E-state index contributed by atoms with van der Waals surface area (Å²) in [5, 5.41) is 5.66. The summed E-state index contributed by atoms with van der Waals surface area (Å²) < 4.78 is 0. The van der Waals surface area contributed by atoms with Crippen LogP contribution in [0.2, 0.25) is 0 Å². The molecule has 0 aromatic rings. The smallest absolute Gasteiger partial charge is 0.325 e. The van der Waals surface area contributed by atoms with Gasteiger partial charge in [0.25, 0.3) is 5.91 Å². The predicted octanol–water partition coefficient (Wildman–Crippen LogP) is 2.43. The molecule has 0 aromatic carbocycles. The standard InChI is InChI=1S/C18H31N3O3/c1-16(2,3)12-7-9-18(10-8-12)14(23)21(15(24)20-18)11-13(22)19-17(4,5)6/h12H,7-11H2,1-6H3,(H,19,22)(H,20,24). The molecule has 0 atom stereocenters. The monoisotopic (exact) mass is 337 g/mol. The van der Waals surface area contributed by atoms with Gasteiger partial charge in [0.1, 0.15) is 12.1 Å². The normalized spacial score (nSPS) is 28.2. The van der Waals surface area contributed by atoms with Crippen LogP contribution in [0.25, 0.3) is 0 Å². The lowest BCUT2D eigenvalue weighted by Crippen LogP contribution is -2.51. The van der Waals surface area contributed by atoms with Crippen molar-refractivity contribution < 1.29 is 14.4 Å². The predicted molar refractivity (Wildman–Crippen MR) is 92.3 cm³/mol. The molecule has 6 nitrogen and oxygen atoms in total. The third-order valence-corrected chi connectivity index (χ3v) is 5.13. The SMILES string of the molecule is CC(C)(C)NC(=O)CN1C(=O)NC2(CCC(C(C)(C)C)CC2)C1=O. The van der Waals surface area contributed by atoms with Gasteiger partial charge in [0.2, 0.25) is 5.91 Å². The number of carbonyl (C=O) groups excluding carboxylic acids is 3. The van der Waals surface area contributed by atoms with Crippen LogP contribution in [0.5, 0.6) is 0 Å². The van der Waals surface area contributed by atoms with Crippen LogP contribution in [0.15, 0.2) is 0 Å². The van der Waals surface area contributed by atoms with E-state index in [1.165, 1.54) is 0 Å². The summed E-state index contributed by atoms with van der Waals surface area (Å²) in [6.07, 6.45) is 3.13. The summed E-state index contributed by atoms with van der Waals surface area (Å²) in [7, 11) is 0. The van der Waals surface area contributed by atoms with Gasteiger partial charge in [0.15, 0.2) is 0 Å². The lowest BCUT2D eigenvalue weighted by atomic mass is 9.67. The average molecular weight is 337 g/mol. The number of urea groups is 1. The van der Waals surface area contributed by atoms with E-state index in [0.717, 1.165) is 17.7 Å². The van der Waals surface area contributed by atoms with Crippen LogP contribution in [-0.4, -0.2) is 40.4 Å².